The smallest absolute Gasteiger partial charge is 0.124 e. The molecule has 0 amide bonds. The molecule has 718 valence electrons. The Bertz CT molecular complexity index is 7950. The molecule has 24 aromatic rings. The molecule has 0 saturated carbocycles. The second kappa shape index (κ2) is 50.6. The standard InChI is InChI=1S/C21H18NO.C18H12NO.C17H10NO.C17H10NS.2C15H16N.2C12H10N.4Ir/c1-14(2)13-15-7-5-8-16-17-9-6-10-18(21(17)23-20(15)16)19-11-3-4-12-22-19;1-12-8-9-19-16(10-12)13-6-7-18-15(11-13)14-4-2-3-5-17(14)20-18;1-2-10-16-12(6-1)13-7-5-8-14(17(13)19-16)15-9-3-4-11-18-15;1-2-7-16-13(5-1)14-11-12(8-9-17(14)19-16)15-6-3-4-10-18-15;2*1-15(2,3)13-9-10-14(16-11-13)12-7-5-4-6-8-12;2*1-10-7-8-12(13-9-10)11-5-3-2-4-6-11;;;;/h3-9,11-12,14H,13H2,1-2H3;2-5,7-11H,1H3;2*1-7,9-11H;2*4-7,9-11H,1-3H3;2*2-5,7-9H,1H3;;;;/q8*-1;;;;. The number of hydrogen-bond donors (Lipinski definition) is 0. The van der Waals surface area contributed by atoms with E-state index >= 15 is 0 Å². The molecule has 12 heterocycles. The zero-order chi connectivity index (χ0) is 96.0. The van der Waals surface area contributed by atoms with E-state index in [-0.39, 0.29) is 91.3 Å². The van der Waals surface area contributed by atoms with Crippen LogP contribution in [0.3, 0.4) is 0 Å². The predicted octanol–water partition coefficient (Wildman–Crippen LogP) is 33.2. The molecule has 4 radical (unpaired) electrons. The first kappa shape index (κ1) is 106. The van der Waals surface area contributed by atoms with Gasteiger partial charge in [0.15, 0.2) is 0 Å². The van der Waals surface area contributed by atoms with Crippen molar-refractivity contribution in [1.29, 1.82) is 0 Å². The molecule has 0 spiro atoms. The molecule has 0 aliphatic rings. The van der Waals surface area contributed by atoms with Crippen LogP contribution in [0.1, 0.15) is 88.8 Å². The maximum absolute atomic E-state index is 6.30. The van der Waals surface area contributed by atoms with Crippen LogP contribution >= 0.6 is 11.3 Å². The van der Waals surface area contributed by atoms with Gasteiger partial charge in [-0.1, -0.05) is 257 Å². The maximum atomic E-state index is 6.30. The van der Waals surface area contributed by atoms with Crippen molar-refractivity contribution in [3.8, 4) is 90.1 Å². The maximum Gasteiger partial charge on any atom is 0.124 e. The van der Waals surface area contributed by atoms with Crippen LogP contribution in [0.4, 0.5) is 0 Å². The van der Waals surface area contributed by atoms with E-state index in [4.69, 9.17) is 13.3 Å². The summed E-state index contributed by atoms with van der Waals surface area (Å²) in [6.07, 6.45) is 15.9. The van der Waals surface area contributed by atoms with Crippen LogP contribution in [0.15, 0.2) is 415 Å². The van der Waals surface area contributed by atoms with Crippen molar-refractivity contribution in [3.05, 3.63) is 483 Å². The van der Waals surface area contributed by atoms with Crippen molar-refractivity contribution < 1.29 is 93.7 Å². The first-order valence-corrected chi connectivity index (χ1v) is 47.2. The van der Waals surface area contributed by atoms with E-state index in [1.54, 1.807) is 12.4 Å². The number of nitrogens with zero attached hydrogens (tertiary/aromatic N) is 8. The van der Waals surface area contributed by atoms with Crippen LogP contribution in [-0.4, -0.2) is 39.9 Å². The number of aryl methyl sites for hydroxylation is 3. The van der Waals surface area contributed by atoms with E-state index in [0.717, 1.165) is 157 Å². The monoisotopic (exact) mass is 2590 g/mol. The molecule has 12 aromatic heterocycles. The van der Waals surface area contributed by atoms with Crippen molar-refractivity contribution >= 4 is 97.3 Å². The number of rotatable bonds is 10. The Balaban J connectivity index is 0.000000137. The molecule has 24 rings (SSSR count). The van der Waals surface area contributed by atoms with E-state index in [1.807, 2.05) is 293 Å². The molecule has 0 unspecified atom stereocenters. The number of fused-ring (bicyclic) bond motifs is 12. The van der Waals surface area contributed by atoms with Gasteiger partial charge in [0, 0.05) is 151 Å². The van der Waals surface area contributed by atoms with Crippen LogP contribution in [0.25, 0.3) is 176 Å². The number of aromatic nitrogens is 8. The molecule has 0 aliphatic carbocycles. The number of furan rings is 3. The van der Waals surface area contributed by atoms with Gasteiger partial charge in [-0.2, -0.15) is 11.3 Å². The molecular weight excluding hydrogens is 2490 g/mol. The molecule has 0 fully saturated rings. The van der Waals surface area contributed by atoms with Gasteiger partial charge in [-0.3, -0.25) is 0 Å². The molecule has 0 saturated heterocycles. The Morgan fingerprint density at radius 3 is 1.13 bits per heavy atom. The van der Waals surface area contributed by atoms with E-state index < -0.39 is 0 Å². The van der Waals surface area contributed by atoms with Crippen LogP contribution in [0.5, 0.6) is 0 Å². The third-order valence-corrected chi connectivity index (χ3v) is 24.3. The summed E-state index contributed by atoms with van der Waals surface area (Å²) >= 11 is 1.81. The normalized spacial score (nSPS) is 10.8. The van der Waals surface area contributed by atoms with Gasteiger partial charge in [-0.05, 0) is 170 Å². The largest absolute Gasteiger partial charge is 0.501 e. The van der Waals surface area contributed by atoms with Crippen LogP contribution < -0.4 is 0 Å². The third-order valence-electron chi connectivity index (χ3n) is 23.1. The molecule has 0 atom stereocenters. The SMILES string of the molecule is CC(C)(C)c1ccc(-c2[c-]cccc2)nc1.CC(C)(C)c1ccc(-c2[c-]cccc2)nc1.CC(C)Cc1cccc2c1oc1c(-c3ccccn3)[c-]ccc12.Cc1ccc(-c2[c-]cccc2)nc1.Cc1ccc(-c2[c-]cccc2)nc1.Cc1ccnc(-c2[c-]cc3oc4ccccc4c3c2)c1.[Ir].[Ir].[Ir].[Ir].[c-]1cc2sc3ccccc3c2cc1-c1ccccn1.[c-]1ccc2c(oc3ccccc32)c1-c1ccccn1. The van der Waals surface area contributed by atoms with Crippen molar-refractivity contribution in [3.63, 3.8) is 0 Å². The van der Waals surface area contributed by atoms with Crippen LogP contribution in [0, 0.1) is 75.2 Å². The first-order valence-electron chi connectivity index (χ1n) is 46.4. The molecule has 16 heteroatoms. The summed E-state index contributed by atoms with van der Waals surface area (Å²) in [7, 11) is 0. The molecule has 12 aromatic carbocycles. The fourth-order valence-corrected chi connectivity index (χ4v) is 16.9. The molecule has 11 nitrogen and oxygen atoms in total. The van der Waals surface area contributed by atoms with Crippen molar-refractivity contribution in [2.45, 2.75) is 93.4 Å². The Kier molecular flexibility index (Phi) is 37.7. The van der Waals surface area contributed by atoms with Crippen molar-refractivity contribution in [2.24, 2.45) is 5.92 Å². The molecule has 143 heavy (non-hydrogen) atoms. The van der Waals surface area contributed by atoms with E-state index in [1.165, 1.54) is 58.9 Å². The molecule has 0 aliphatic heterocycles. The number of para-hydroxylation sites is 3. The summed E-state index contributed by atoms with van der Waals surface area (Å²) in [5.41, 5.74) is 28.7. The van der Waals surface area contributed by atoms with Crippen molar-refractivity contribution in [2.75, 3.05) is 0 Å². The minimum Gasteiger partial charge on any atom is -0.501 e. The second-order valence-corrected chi connectivity index (χ2v) is 37.1. The van der Waals surface area contributed by atoms with Gasteiger partial charge in [0.05, 0.1) is 16.7 Å². The van der Waals surface area contributed by atoms with Crippen molar-refractivity contribution in [1.82, 2.24) is 39.9 Å². The molecule has 0 N–H and O–H groups in total. The van der Waals surface area contributed by atoms with Crippen LogP contribution in [0.2, 0.25) is 0 Å². The summed E-state index contributed by atoms with van der Waals surface area (Å²) in [5, 5.41) is 9.38. The van der Waals surface area contributed by atoms with Gasteiger partial charge >= 0.3 is 0 Å². The summed E-state index contributed by atoms with van der Waals surface area (Å²) < 4.78 is 20.7. The van der Waals surface area contributed by atoms with Gasteiger partial charge < -0.3 is 53.1 Å². The summed E-state index contributed by atoms with van der Waals surface area (Å²) in [6.45, 7) is 23.8. The van der Waals surface area contributed by atoms with Gasteiger partial charge in [-0.15, -0.1) is 228 Å². The second-order valence-electron chi connectivity index (χ2n) is 36.0. The van der Waals surface area contributed by atoms with E-state index in [9.17, 15) is 0 Å². The average molecular weight is 2590 g/mol. The number of hydrogen-bond acceptors (Lipinski definition) is 12. The Morgan fingerprint density at radius 2 is 0.671 bits per heavy atom. The Morgan fingerprint density at radius 1 is 0.266 bits per heavy atom. The topological polar surface area (TPSA) is 143 Å². The van der Waals surface area contributed by atoms with E-state index in [0.29, 0.717) is 5.92 Å². The van der Waals surface area contributed by atoms with Crippen LogP contribution in [-0.2, 0) is 97.7 Å². The van der Waals surface area contributed by atoms with Gasteiger partial charge in [0.25, 0.3) is 0 Å². The fraction of sp³-hybridized carbons (Fsp3) is 0.118. The number of benzene rings is 12. The Labute approximate surface area is 895 Å². The zero-order valence-corrected chi connectivity index (χ0v) is 91.3. The molecular formula is C127H102Ir4N8O3S-8. The quantitative estimate of drug-likeness (QED) is 0.121. The van der Waals surface area contributed by atoms with E-state index in [2.05, 4.69) is 272 Å². The molecule has 0 bridgehead atoms. The van der Waals surface area contributed by atoms with Gasteiger partial charge in [0.2, 0.25) is 0 Å². The number of pyridine rings is 8. The predicted molar refractivity (Wildman–Crippen MR) is 573 cm³/mol. The summed E-state index contributed by atoms with van der Waals surface area (Å²) in [6, 6.07) is 143. The minimum atomic E-state index is 0. The minimum absolute atomic E-state index is 0. The van der Waals surface area contributed by atoms with Gasteiger partial charge in [-0.25, -0.2) is 0 Å². The van der Waals surface area contributed by atoms with Gasteiger partial charge in [0.1, 0.15) is 16.7 Å². The third kappa shape index (κ3) is 27.3. The zero-order valence-electron chi connectivity index (χ0n) is 80.9. The first-order chi connectivity index (χ1) is 67.8. The summed E-state index contributed by atoms with van der Waals surface area (Å²) in [5.74, 6) is 0.593. The average Bonchev–Trinajstić information content (AvgIpc) is 1.52. The fourth-order valence-electron chi connectivity index (χ4n) is 15.8. The Hall–Kier alpha value is -13.9. The number of thiophene rings is 1. The summed E-state index contributed by atoms with van der Waals surface area (Å²) in [4.78, 5) is 35.2.